The molecule has 20 heavy (non-hydrogen) atoms. The second kappa shape index (κ2) is 5.61. The number of anilines is 1. The van der Waals surface area contributed by atoms with E-state index in [4.69, 9.17) is 9.26 Å². The Morgan fingerprint density at radius 3 is 2.90 bits per heavy atom. The highest BCUT2D eigenvalue weighted by molar-refractivity contribution is 5.94. The third-order valence-electron chi connectivity index (χ3n) is 3.15. The Kier molecular flexibility index (Phi) is 4.07. The van der Waals surface area contributed by atoms with Crippen LogP contribution < -0.4 is 4.90 Å². The Morgan fingerprint density at radius 2 is 2.30 bits per heavy atom. The van der Waals surface area contributed by atoms with Crippen molar-refractivity contribution in [2.45, 2.75) is 25.5 Å². The average molecular weight is 283 g/mol. The predicted octanol–water partition coefficient (Wildman–Crippen LogP) is 0.447. The molecule has 0 radical (unpaired) electrons. The first-order chi connectivity index (χ1) is 9.51. The number of aliphatic hydroxyl groups excluding tert-OH is 2. The van der Waals surface area contributed by atoms with Gasteiger partial charge in [-0.05, 0) is 6.92 Å². The van der Waals surface area contributed by atoms with Crippen molar-refractivity contribution >= 4 is 11.8 Å². The van der Waals surface area contributed by atoms with Crippen LogP contribution in [0.4, 0.5) is 10.6 Å². The van der Waals surface area contributed by atoms with Crippen LogP contribution in [-0.2, 0) is 4.74 Å². The highest BCUT2D eigenvalue weighted by atomic mass is 16.5. The van der Waals surface area contributed by atoms with E-state index in [1.807, 2.05) is 0 Å². The van der Waals surface area contributed by atoms with Crippen LogP contribution in [0.5, 0.6) is 0 Å². The van der Waals surface area contributed by atoms with Crippen LogP contribution in [0.15, 0.2) is 23.2 Å². The SMILES string of the molecule is C=CCN1C(=O)N(c2cc(C(C)OC)on2)C(O)C1O. The summed E-state index contributed by atoms with van der Waals surface area (Å²) in [4.78, 5) is 14.2. The van der Waals surface area contributed by atoms with Crippen molar-refractivity contribution in [2.24, 2.45) is 0 Å². The Balaban J connectivity index is 2.26. The van der Waals surface area contributed by atoms with Gasteiger partial charge in [0.1, 0.15) is 6.10 Å². The number of nitrogens with zero attached hydrogens (tertiary/aromatic N) is 3. The Bertz CT molecular complexity index is 503. The maximum atomic E-state index is 12.1. The lowest BCUT2D eigenvalue weighted by Crippen LogP contribution is -2.37. The summed E-state index contributed by atoms with van der Waals surface area (Å²) in [6, 6.07) is 0.911. The van der Waals surface area contributed by atoms with Gasteiger partial charge in [0.15, 0.2) is 24.0 Å². The fourth-order valence-corrected chi connectivity index (χ4v) is 1.92. The lowest BCUT2D eigenvalue weighted by atomic mass is 10.3. The molecule has 1 saturated heterocycles. The third kappa shape index (κ3) is 2.28. The molecule has 3 atom stereocenters. The molecule has 0 spiro atoms. The number of aliphatic hydroxyl groups is 2. The maximum absolute atomic E-state index is 12.1. The van der Waals surface area contributed by atoms with E-state index in [1.165, 1.54) is 19.3 Å². The zero-order chi connectivity index (χ0) is 14.9. The molecule has 0 bridgehead atoms. The number of amides is 2. The number of hydrogen-bond donors (Lipinski definition) is 2. The van der Waals surface area contributed by atoms with Crippen molar-refractivity contribution in [3.05, 3.63) is 24.5 Å². The number of ether oxygens (including phenoxy) is 1. The van der Waals surface area contributed by atoms with E-state index in [9.17, 15) is 15.0 Å². The van der Waals surface area contributed by atoms with Crippen molar-refractivity contribution < 1.29 is 24.3 Å². The molecule has 0 aromatic carbocycles. The topological polar surface area (TPSA) is 99.3 Å². The molecule has 1 aliphatic rings. The molecule has 2 N–H and O–H groups in total. The highest BCUT2D eigenvalue weighted by Crippen LogP contribution is 2.28. The molecule has 110 valence electrons. The number of rotatable bonds is 5. The number of aromatic nitrogens is 1. The largest absolute Gasteiger partial charge is 0.374 e. The molecular formula is C12H17N3O5. The summed E-state index contributed by atoms with van der Waals surface area (Å²) in [6.07, 6.45) is -1.64. The minimum Gasteiger partial charge on any atom is -0.374 e. The van der Waals surface area contributed by atoms with Gasteiger partial charge in [0.05, 0.1) is 0 Å². The van der Waals surface area contributed by atoms with E-state index < -0.39 is 18.5 Å². The molecular weight excluding hydrogens is 266 g/mol. The first kappa shape index (κ1) is 14.5. The zero-order valence-electron chi connectivity index (χ0n) is 11.3. The van der Waals surface area contributed by atoms with Crippen LogP contribution >= 0.6 is 0 Å². The summed E-state index contributed by atoms with van der Waals surface area (Å²) in [7, 11) is 1.51. The van der Waals surface area contributed by atoms with Crippen molar-refractivity contribution in [3.8, 4) is 0 Å². The third-order valence-corrected chi connectivity index (χ3v) is 3.15. The maximum Gasteiger partial charge on any atom is 0.330 e. The van der Waals surface area contributed by atoms with Gasteiger partial charge >= 0.3 is 6.03 Å². The number of urea groups is 1. The van der Waals surface area contributed by atoms with Crippen molar-refractivity contribution in [1.29, 1.82) is 0 Å². The van der Waals surface area contributed by atoms with Crippen LogP contribution in [0.3, 0.4) is 0 Å². The summed E-state index contributed by atoms with van der Waals surface area (Å²) in [5.74, 6) is 0.533. The number of carbonyl (C=O) groups excluding carboxylic acids is 1. The van der Waals surface area contributed by atoms with Gasteiger partial charge in [-0.25, -0.2) is 9.69 Å². The average Bonchev–Trinajstić information content (AvgIpc) is 2.98. The van der Waals surface area contributed by atoms with E-state index in [0.29, 0.717) is 5.76 Å². The molecule has 2 heterocycles. The standard InChI is InChI=1S/C12H17N3O5/c1-4-5-14-10(16)11(17)15(12(14)18)9-6-8(20-13-9)7(2)19-3/h4,6-7,10-11,16-17H,1,5H2,2-3H3. The Hall–Kier alpha value is -1.90. The minimum atomic E-state index is -1.42. The Labute approximate surface area is 115 Å². The molecule has 3 unspecified atom stereocenters. The van der Waals surface area contributed by atoms with Gasteiger partial charge < -0.3 is 19.5 Å². The van der Waals surface area contributed by atoms with Gasteiger partial charge in [-0.3, -0.25) is 4.90 Å². The number of carbonyl (C=O) groups is 1. The molecule has 8 heteroatoms. The van der Waals surface area contributed by atoms with Gasteiger partial charge in [-0.15, -0.1) is 6.58 Å². The lowest BCUT2D eigenvalue weighted by molar-refractivity contribution is -0.0236. The molecule has 1 aromatic rings. The summed E-state index contributed by atoms with van der Waals surface area (Å²) in [6.45, 7) is 5.37. The van der Waals surface area contributed by atoms with E-state index in [-0.39, 0.29) is 18.5 Å². The molecule has 2 rings (SSSR count). The smallest absolute Gasteiger partial charge is 0.330 e. The van der Waals surface area contributed by atoms with Crippen LogP contribution in [0.25, 0.3) is 0 Å². The zero-order valence-corrected chi connectivity index (χ0v) is 11.3. The van der Waals surface area contributed by atoms with Crippen LogP contribution in [-0.4, -0.2) is 52.4 Å². The fourth-order valence-electron chi connectivity index (χ4n) is 1.92. The minimum absolute atomic E-state index is 0.118. The normalized spacial score (nSPS) is 24.3. The van der Waals surface area contributed by atoms with Crippen molar-refractivity contribution in [1.82, 2.24) is 10.1 Å². The summed E-state index contributed by atoms with van der Waals surface area (Å²) >= 11 is 0. The summed E-state index contributed by atoms with van der Waals surface area (Å²) < 4.78 is 10.1. The monoisotopic (exact) mass is 283 g/mol. The van der Waals surface area contributed by atoms with E-state index in [1.54, 1.807) is 6.92 Å². The predicted molar refractivity (Wildman–Crippen MR) is 68.7 cm³/mol. The highest BCUT2D eigenvalue weighted by Gasteiger charge is 2.45. The van der Waals surface area contributed by atoms with Gasteiger partial charge in [-0.1, -0.05) is 11.2 Å². The number of methoxy groups -OCH3 is 1. The molecule has 1 aromatic heterocycles. The molecule has 0 aliphatic carbocycles. The molecule has 1 aliphatic heterocycles. The molecule has 2 amide bonds. The first-order valence-electron chi connectivity index (χ1n) is 6.07. The van der Waals surface area contributed by atoms with Gasteiger partial charge in [0.2, 0.25) is 0 Å². The van der Waals surface area contributed by atoms with Crippen LogP contribution in [0.1, 0.15) is 18.8 Å². The lowest BCUT2D eigenvalue weighted by Gasteiger charge is -2.16. The molecule has 0 saturated carbocycles. The van der Waals surface area contributed by atoms with Gasteiger partial charge in [-0.2, -0.15) is 0 Å². The fraction of sp³-hybridized carbons (Fsp3) is 0.500. The Morgan fingerprint density at radius 1 is 1.60 bits per heavy atom. The van der Waals surface area contributed by atoms with Crippen LogP contribution in [0.2, 0.25) is 0 Å². The van der Waals surface area contributed by atoms with E-state index in [0.717, 1.165) is 9.80 Å². The van der Waals surface area contributed by atoms with Crippen molar-refractivity contribution in [2.75, 3.05) is 18.6 Å². The number of hydrogen-bond acceptors (Lipinski definition) is 6. The van der Waals surface area contributed by atoms with Gasteiger partial charge in [0.25, 0.3) is 0 Å². The summed E-state index contributed by atoms with van der Waals surface area (Å²) in [5.41, 5.74) is 0. The molecule has 8 nitrogen and oxygen atoms in total. The molecule has 1 fully saturated rings. The quantitative estimate of drug-likeness (QED) is 0.761. The van der Waals surface area contributed by atoms with E-state index in [2.05, 4.69) is 11.7 Å². The van der Waals surface area contributed by atoms with Crippen molar-refractivity contribution in [3.63, 3.8) is 0 Å². The second-order valence-electron chi connectivity index (χ2n) is 4.39. The summed E-state index contributed by atoms with van der Waals surface area (Å²) in [5, 5.41) is 23.5. The van der Waals surface area contributed by atoms with Crippen LogP contribution in [0, 0.1) is 0 Å². The first-order valence-corrected chi connectivity index (χ1v) is 6.07. The second-order valence-corrected chi connectivity index (χ2v) is 4.39. The van der Waals surface area contributed by atoms with E-state index >= 15 is 0 Å². The van der Waals surface area contributed by atoms with Gasteiger partial charge in [0, 0.05) is 19.7 Å².